The van der Waals surface area contributed by atoms with E-state index >= 15 is 0 Å². The van der Waals surface area contributed by atoms with Gasteiger partial charge in [-0.1, -0.05) is 62.7 Å². The largest absolute Gasteiger partial charge is 0.389 e. The lowest BCUT2D eigenvalue weighted by Gasteiger charge is -2.34. The summed E-state index contributed by atoms with van der Waals surface area (Å²) in [5.41, 5.74) is 7.38. The van der Waals surface area contributed by atoms with Crippen LogP contribution >= 0.6 is 12.2 Å². The zero-order valence-corrected chi connectivity index (χ0v) is 13.6. The van der Waals surface area contributed by atoms with Gasteiger partial charge in [0.1, 0.15) is 4.99 Å². The molecule has 2 rings (SSSR count). The molecular weight excluding hydrogens is 280 g/mol. The molecule has 0 saturated heterocycles. The maximum atomic E-state index is 10.5. The van der Waals surface area contributed by atoms with Gasteiger partial charge in [0.2, 0.25) is 0 Å². The van der Waals surface area contributed by atoms with Gasteiger partial charge in [-0.3, -0.25) is 4.90 Å². The molecule has 3 N–H and O–H groups in total. The zero-order chi connectivity index (χ0) is 15.2. The molecule has 1 aromatic rings. The molecule has 3 nitrogen and oxygen atoms in total. The minimum Gasteiger partial charge on any atom is -0.389 e. The summed E-state index contributed by atoms with van der Waals surface area (Å²) in [4.78, 5) is 2.82. The summed E-state index contributed by atoms with van der Waals surface area (Å²) in [5, 5.41) is 10.5. The summed E-state index contributed by atoms with van der Waals surface area (Å²) in [7, 11) is 0. The number of nitrogens with zero attached hydrogens (tertiary/aromatic N) is 1. The van der Waals surface area contributed by atoms with Crippen molar-refractivity contribution in [3.63, 3.8) is 0 Å². The standard InChI is InChI=1S/C17H26N2OS/c1-2-19(15-6-4-3-5-7-15)12-16(20)13-8-10-14(11-9-13)17(18)21/h8-11,15-16,20H,2-7,12H2,1H3,(H2,18,21). The van der Waals surface area contributed by atoms with Crippen molar-refractivity contribution in [1.82, 2.24) is 4.90 Å². The number of hydrogen-bond acceptors (Lipinski definition) is 3. The van der Waals surface area contributed by atoms with Crippen LogP contribution in [0.25, 0.3) is 0 Å². The van der Waals surface area contributed by atoms with E-state index in [-0.39, 0.29) is 0 Å². The van der Waals surface area contributed by atoms with Gasteiger partial charge in [0.05, 0.1) is 6.10 Å². The topological polar surface area (TPSA) is 49.5 Å². The van der Waals surface area contributed by atoms with Crippen LogP contribution in [0.5, 0.6) is 0 Å². The Hall–Kier alpha value is -0.970. The lowest BCUT2D eigenvalue weighted by Crippen LogP contribution is -2.39. The van der Waals surface area contributed by atoms with Gasteiger partial charge in [-0.05, 0) is 24.9 Å². The van der Waals surface area contributed by atoms with Crippen molar-refractivity contribution in [1.29, 1.82) is 0 Å². The van der Waals surface area contributed by atoms with Crippen LogP contribution in [0.3, 0.4) is 0 Å². The van der Waals surface area contributed by atoms with E-state index in [0.29, 0.717) is 17.6 Å². The lowest BCUT2D eigenvalue weighted by molar-refractivity contribution is 0.0767. The summed E-state index contributed by atoms with van der Waals surface area (Å²) >= 11 is 4.95. The first-order chi connectivity index (χ1) is 10.1. The van der Waals surface area contributed by atoms with E-state index < -0.39 is 6.10 Å². The van der Waals surface area contributed by atoms with Gasteiger partial charge in [0.25, 0.3) is 0 Å². The van der Waals surface area contributed by atoms with Crippen molar-refractivity contribution < 1.29 is 5.11 Å². The average molecular weight is 306 g/mol. The number of hydrogen-bond donors (Lipinski definition) is 2. The number of aliphatic hydroxyl groups excluding tert-OH is 1. The van der Waals surface area contributed by atoms with Gasteiger partial charge in [-0.15, -0.1) is 0 Å². The predicted molar refractivity (Wildman–Crippen MR) is 91.4 cm³/mol. The highest BCUT2D eigenvalue weighted by molar-refractivity contribution is 7.80. The molecule has 1 fully saturated rings. The molecule has 4 heteroatoms. The Morgan fingerprint density at radius 2 is 1.90 bits per heavy atom. The summed E-state index contributed by atoms with van der Waals surface area (Å²) in [5.74, 6) is 0. The predicted octanol–water partition coefficient (Wildman–Crippen LogP) is 3.01. The first-order valence-electron chi connectivity index (χ1n) is 7.93. The van der Waals surface area contributed by atoms with Crippen LogP contribution in [-0.4, -0.2) is 34.1 Å². The van der Waals surface area contributed by atoms with Gasteiger partial charge in [0, 0.05) is 18.2 Å². The number of aliphatic hydroxyl groups is 1. The van der Waals surface area contributed by atoms with Crippen LogP contribution in [-0.2, 0) is 0 Å². The molecule has 0 amide bonds. The molecule has 0 bridgehead atoms. The van der Waals surface area contributed by atoms with Crippen LogP contribution in [0.1, 0.15) is 56.3 Å². The Kier molecular flexibility index (Phi) is 6.15. The van der Waals surface area contributed by atoms with E-state index in [2.05, 4.69) is 11.8 Å². The van der Waals surface area contributed by atoms with E-state index in [1.165, 1.54) is 32.1 Å². The first-order valence-corrected chi connectivity index (χ1v) is 8.34. The SMILES string of the molecule is CCN(CC(O)c1ccc(C(N)=S)cc1)C1CCCCC1. The van der Waals surface area contributed by atoms with Gasteiger partial charge < -0.3 is 10.8 Å². The number of thiocarbonyl (C=S) groups is 1. The molecule has 21 heavy (non-hydrogen) atoms. The maximum Gasteiger partial charge on any atom is 0.103 e. The zero-order valence-electron chi connectivity index (χ0n) is 12.8. The van der Waals surface area contributed by atoms with Crippen LogP contribution in [0.2, 0.25) is 0 Å². The van der Waals surface area contributed by atoms with Gasteiger partial charge in [-0.25, -0.2) is 0 Å². The Balaban J connectivity index is 1.97. The molecule has 0 aliphatic heterocycles. The molecule has 116 valence electrons. The van der Waals surface area contributed by atoms with E-state index in [4.69, 9.17) is 18.0 Å². The smallest absolute Gasteiger partial charge is 0.103 e. The van der Waals surface area contributed by atoms with E-state index in [1.54, 1.807) is 0 Å². The minimum absolute atomic E-state index is 0.397. The fraction of sp³-hybridized carbons (Fsp3) is 0.588. The van der Waals surface area contributed by atoms with E-state index in [0.717, 1.165) is 17.7 Å². The highest BCUT2D eigenvalue weighted by atomic mass is 32.1. The monoisotopic (exact) mass is 306 g/mol. The molecule has 1 aliphatic carbocycles. The first kappa shape index (κ1) is 16.4. The Bertz CT molecular complexity index is 454. The van der Waals surface area contributed by atoms with Crippen LogP contribution in [0.15, 0.2) is 24.3 Å². The Morgan fingerprint density at radius 1 is 1.29 bits per heavy atom. The highest BCUT2D eigenvalue weighted by Gasteiger charge is 2.22. The molecule has 0 heterocycles. The summed E-state index contributed by atoms with van der Waals surface area (Å²) in [6, 6.07) is 8.26. The van der Waals surface area contributed by atoms with Crippen LogP contribution < -0.4 is 5.73 Å². The second-order valence-electron chi connectivity index (χ2n) is 5.88. The van der Waals surface area contributed by atoms with Crippen molar-refractivity contribution in [3.8, 4) is 0 Å². The number of nitrogens with two attached hydrogens (primary N) is 1. The van der Waals surface area contributed by atoms with Crippen molar-refractivity contribution in [2.75, 3.05) is 13.1 Å². The van der Waals surface area contributed by atoms with Crippen LogP contribution in [0, 0.1) is 0 Å². The fourth-order valence-electron chi connectivity index (χ4n) is 3.18. The van der Waals surface area contributed by atoms with E-state index in [9.17, 15) is 5.11 Å². The molecule has 0 aromatic heterocycles. The van der Waals surface area contributed by atoms with E-state index in [1.807, 2.05) is 24.3 Å². The molecular formula is C17H26N2OS. The fourth-order valence-corrected chi connectivity index (χ4v) is 3.32. The van der Waals surface area contributed by atoms with Crippen molar-refractivity contribution in [2.24, 2.45) is 5.73 Å². The summed E-state index contributed by atoms with van der Waals surface area (Å²) < 4.78 is 0. The third-order valence-electron chi connectivity index (χ3n) is 4.48. The normalized spacial score (nSPS) is 17.9. The Morgan fingerprint density at radius 3 is 2.43 bits per heavy atom. The molecule has 0 radical (unpaired) electrons. The quantitative estimate of drug-likeness (QED) is 0.793. The molecule has 1 aromatic carbocycles. The highest BCUT2D eigenvalue weighted by Crippen LogP contribution is 2.24. The number of likely N-dealkylation sites (N-methyl/N-ethyl adjacent to an activating group) is 1. The molecule has 1 saturated carbocycles. The van der Waals surface area contributed by atoms with Gasteiger partial charge >= 0.3 is 0 Å². The summed E-state index contributed by atoms with van der Waals surface area (Å²) in [6.07, 6.45) is 6.07. The van der Waals surface area contributed by atoms with Gasteiger partial charge in [0.15, 0.2) is 0 Å². The second-order valence-corrected chi connectivity index (χ2v) is 6.32. The maximum absolute atomic E-state index is 10.5. The average Bonchev–Trinajstić information content (AvgIpc) is 2.53. The van der Waals surface area contributed by atoms with Gasteiger partial charge in [-0.2, -0.15) is 0 Å². The van der Waals surface area contributed by atoms with Crippen molar-refractivity contribution >= 4 is 17.2 Å². The third-order valence-corrected chi connectivity index (χ3v) is 4.72. The van der Waals surface area contributed by atoms with Crippen LogP contribution in [0.4, 0.5) is 0 Å². The third kappa shape index (κ3) is 4.50. The summed E-state index contributed by atoms with van der Waals surface area (Å²) in [6.45, 7) is 3.87. The Labute approximate surface area is 133 Å². The second kappa shape index (κ2) is 7.87. The van der Waals surface area contributed by atoms with Crippen molar-refractivity contribution in [2.45, 2.75) is 51.2 Å². The molecule has 1 unspecified atom stereocenters. The lowest BCUT2D eigenvalue weighted by atomic mass is 9.93. The molecule has 1 aliphatic rings. The number of benzene rings is 1. The minimum atomic E-state index is -0.452. The molecule has 1 atom stereocenters. The number of rotatable bonds is 6. The molecule has 0 spiro atoms. The van der Waals surface area contributed by atoms with Crippen molar-refractivity contribution in [3.05, 3.63) is 35.4 Å².